The Morgan fingerprint density at radius 3 is 2.09 bits per heavy atom. The minimum absolute atomic E-state index is 0.212. The van der Waals surface area contributed by atoms with Gasteiger partial charge in [-0.1, -0.05) is 62.4 Å². The van der Waals surface area contributed by atoms with Crippen LogP contribution in [0.15, 0.2) is 77.3 Å². The Bertz CT molecular complexity index is 1070. The van der Waals surface area contributed by atoms with Crippen molar-refractivity contribution < 1.29 is 19.1 Å². The molecule has 0 bridgehead atoms. The molecule has 172 valence electrons. The second-order valence-corrected chi connectivity index (χ2v) is 8.42. The largest absolute Gasteiger partial charge is 0.484 e. The lowest BCUT2D eigenvalue weighted by Gasteiger charge is -2.12. The molecule has 0 saturated heterocycles. The zero-order valence-corrected chi connectivity index (χ0v) is 20.2. The van der Waals surface area contributed by atoms with E-state index in [2.05, 4.69) is 40.6 Å². The Labute approximate surface area is 202 Å². The molecule has 0 heterocycles. The molecule has 3 aromatic carbocycles. The molecular weight excluding hydrogens is 484 g/mol. The Balaban J connectivity index is 1.40. The summed E-state index contributed by atoms with van der Waals surface area (Å²) in [4.78, 5) is 24.0. The Kier molecular flexibility index (Phi) is 8.89. The molecule has 6 nitrogen and oxygen atoms in total. The number of hydrazine groups is 1. The fraction of sp³-hybridized carbons (Fsp3) is 0.231. The Morgan fingerprint density at radius 1 is 0.848 bits per heavy atom. The number of halogens is 1. The van der Waals surface area contributed by atoms with Crippen molar-refractivity contribution in [2.45, 2.75) is 26.2 Å². The van der Waals surface area contributed by atoms with Gasteiger partial charge in [-0.3, -0.25) is 20.4 Å². The lowest BCUT2D eigenvalue weighted by molar-refractivity contribution is -0.131. The van der Waals surface area contributed by atoms with E-state index in [0.717, 1.165) is 22.0 Å². The summed E-state index contributed by atoms with van der Waals surface area (Å²) < 4.78 is 11.7. The van der Waals surface area contributed by atoms with Crippen LogP contribution in [-0.2, 0) is 9.59 Å². The maximum absolute atomic E-state index is 12.0. The first-order valence-corrected chi connectivity index (χ1v) is 11.5. The second-order valence-electron chi connectivity index (χ2n) is 7.56. The number of hydrogen-bond acceptors (Lipinski definition) is 4. The molecule has 0 saturated carbocycles. The van der Waals surface area contributed by atoms with Gasteiger partial charge in [0.2, 0.25) is 0 Å². The zero-order valence-electron chi connectivity index (χ0n) is 18.6. The average molecular weight is 511 g/mol. The Morgan fingerprint density at radius 2 is 1.48 bits per heavy atom. The van der Waals surface area contributed by atoms with Crippen LogP contribution in [-0.4, -0.2) is 25.0 Å². The van der Waals surface area contributed by atoms with E-state index >= 15 is 0 Å². The summed E-state index contributed by atoms with van der Waals surface area (Å²) in [7, 11) is 0. The summed E-state index contributed by atoms with van der Waals surface area (Å²) >= 11 is 3.47. The van der Waals surface area contributed by atoms with Gasteiger partial charge in [0.1, 0.15) is 11.5 Å². The summed E-state index contributed by atoms with van der Waals surface area (Å²) in [6.45, 7) is 3.84. The van der Waals surface area contributed by atoms with Crippen molar-refractivity contribution in [2.24, 2.45) is 0 Å². The molecule has 0 aliphatic heterocycles. The molecule has 1 unspecified atom stereocenters. The van der Waals surface area contributed by atoms with Gasteiger partial charge in [0.25, 0.3) is 11.8 Å². The number of rotatable bonds is 9. The third kappa shape index (κ3) is 7.36. The van der Waals surface area contributed by atoms with Gasteiger partial charge in [-0.2, -0.15) is 0 Å². The summed E-state index contributed by atoms with van der Waals surface area (Å²) in [5.41, 5.74) is 7.97. The molecular formula is C26H27BrN2O4. The lowest BCUT2D eigenvalue weighted by Crippen LogP contribution is -2.45. The van der Waals surface area contributed by atoms with Crippen molar-refractivity contribution in [2.75, 3.05) is 13.2 Å². The summed E-state index contributed by atoms with van der Waals surface area (Å²) in [5, 5.41) is 0. The summed E-state index contributed by atoms with van der Waals surface area (Å²) in [5.74, 6) is 0.640. The smallest absolute Gasteiger partial charge is 0.276 e. The predicted octanol–water partition coefficient (Wildman–Crippen LogP) is 5.23. The van der Waals surface area contributed by atoms with Gasteiger partial charge in [0.15, 0.2) is 13.2 Å². The predicted molar refractivity (Wildman–Crippen MR) is 132 cm³/mol. The number of hydrogen-bond donors (Lipinski definition) is 2. The van der Waals surface area contributed by atoms with Crippen LogP contribution in [0, 0.1) is 0 Å². The van der Waals surface area contributed by atoms with Crippen LogP contribution in [0.1, 0.15) is 31.7 Å². The van der Waals surface area contributed by atoms with Crippen LogP contribution in [0.3, 0.4) is 0 Å². The number of carbonyl (C=O) groups is 2. The highest BCUT2D eigenvalue weighted by Gasteiger charge is 2.10. The zero-order chi connectivity index (χ0) is 23.6. The molecule has 2 amide bonds. The highest BCUT2D eigenvalue weighted by atomic mass is 79.9. The molecule has 0 radical (unpaired) electrons. The van der Waals surface area contributed by atoms with E-state index in [1.165, 1.54) is 5.56 Å². The van der Waals surface area contributed by atoms with Crippen LogP contribution >= 0.6 is 15.9 Å². The molecule has 0 aromatic heterocycles. The van der Waals surface area contributed by atoms with E-state index in [-0.39, 0.29) is 13.2 Å². The van der Waals surface area contributed by atoms with Crippen LogP contribution in [0.4, 0.5) is 0 Å². The third-order valence-electron chi connectivity index (χ3n) is 5.17. The van der Waals surface area contributed by atoms with E-state index in [1.807, 2.05) is 66.7 Å². The number of amides is 2. The molecule has 3 aromatic rings. The summed E-state index contributed by atoms with van der Waals surface area (Å²) in [6.07, 6.45) is 1.06. The summed E-state index contributed by atoms with van der Waals surface area (Å²) in [6, 6.07) is 23.2. The first-order valence-electron chi connectivity index (χ1n) is 10.7. The van der Waals surface area contributed by atoms with Crippen molar-refractivity contribution in [3.05, 3.63) is 82.8 Å². The van der Waals surface area contributed by atoms with Crippen molar-refractivity contribution in [1.82, 2.24) is 10.9 Å². The van der Waals surface area contributed by atoms with Crippen LogP contribution in [0.5, 0.6) is 11.5 Å². The van der Waals surface area contributed by atoms with Gasteiger partial charge >= 0.3 is 0 Å². The quantitative estimate of drug-likeness (QED) is 0.386. The maximum Gasteiger partial charge on any atom is 0.276 e. The van der Waals surface area contributed by atoms with Crippen molar-refractivity contribution >= 4 is 27.7 Å². The number of nitrogens with one attached hydrogen (secondary N) is 2. The molecule has 33 heavy (non-hydrogen) atoms. The molecule has 0 fully saturated rings. The molecule has 0 aliphatic carbocycles. The van der Waals surface area contributed by atoms with Crippen molar-refractivity contribution in [3.63, 3.8) is 0 Å². The monoisotopic (exact) mass is 510 g/mol. The Hall–Kier alpha value is -3.32. The van der Waals surface area contributed by atoms with E-state index in [0.29, 0.717) is 17.4 Å². The van der Waals surface area contributed by atoms with Crippen molar-refractivity contribution in [3.8, 4) is 22.6 Å². The highest BCUT2D eigenvalue weighted by Crippen LogP contribution is 2.30. The average Bonchev–Trinajstić information content (AvgIpc) is 2.85. The van der Waals surface area contributed by atoms with Crippen LogP contribution < -0.4 is 20.3 Å². The highest BCUT2D eigenvalue weighted by molar-refractivity contribution is 9.10. The van der Waals surface area contributed by atoms with Gasteiger partial charge in [0, 0.05) is 0 Å². The van der Waals surface area contributed by atoms with E-state index in [1.54, 1.807) is 6.07 Å². The standard InChI is InChI=1S/C26H27BrN2O4/c1-3-18(2)19-9-12-22(13-10-19)32-16-25(30)28-29-26(31)17-33-24-14-11-21(15-23(24)27)20-7-5-4-6-8-20/h4-15,18H,3,16-17H2,1-2H3,(H,28,30)(H,29,31). The number of ether oxygens (including phenoxy) is 2. The third-order valence-corrected chi connectivity index (χ3v) is 5.79. The first kappa shape index (κ1) is 24.3. The minimum atomic E-state index is -0.486. The number of carbonyl (C=O) groups excluding carboxylic acids is 2. The maximum atomic E-state index is 12.0. The number of benzene rings is 3. The molecule has 0 aliphatic rings. The van der Waals surface area contributed by atoms with E-state index < -0.39 is 11.8 Å². The molecule has 0 spiro atoms. The van der Waals surface area contributed by atoms with E-state index in [4.69, 9.17) is 9.47 Å². The van der Waals surface area contributed by atoms with Gasteiger partial charge < -0.3 is 9.47 Å². The molecule has 2 N–H and O–H groups in total. The lowest BCUT2D eigenvalue weighted by atomic mass is 9.99. The van der Waals surface area contributed by atoms with Gasteiger partial charge in [-0.05, 0) is 69.2 Å². The van der Waals surface area contributed by atoms with Crippen molar-refractivity contribution in [1.29, 1.82) is 0 Å². The van der Waals surface area contributed by atoms with Crippen LogP contribution in [0.25, 0.3) is 11.1 Å². The fourth-order valence-electron chi connectivity index (χ4n) is 3.06. The normalized spacial score (nSPS) is 11.4. The van der Waals surface area contributed by atoms with Gasteiger partial charge in [0.05, 0.1) is 4.47 Å². The molecule has 3 rings (SSSR count). The van der Waals surface area contributed by atoms with Gasteiger partial charge in [-0.15, -0.1) is 0 Å². The second kappa shape index (κ2) is 12.1. The van der Waals surface area contributed by atoms with Gasteiger partial charge in [-0.25, -0.2) is 0 Å². The first-order chi connectivity index (χ1) is 16.0. The minimum Gasteiger partial charge on any atom is -0.484 e. The van der Waals surface area contributed by atoms with E-state index in [9.17, 15) is 9.59 Å². The fourth-order valence-corrected chi connectivity index (χ4v) is 3.55. The topological polar surface area (TPSA) is 76.7 Å². The molecule has 1 atom stereocenters. The van der Waals surface area contributed by atoms with Crippen LogP contribution in [0.2, 0.25) is 0 Å². The SMILES string of the molecule is CCC(C)c1ccc(OCC(=O)NNC(=O)COc2ccc(-c3ccccc3)cc2Br)cc1. The molecule has 7 heteroatoms.